The minimum Gasteiger partial charge on any atom is -0.508 e. The highest BCUT2D eigenvalue weighted by atomic mass is 16.3. The molecule has 0 atom stereocenters. The van der Waals surface area contributed by atoms with Crippen LogP contribution in [0.4, 0.5) is 0 Å². The topological polar surface area (TPSA) is 71.2 Å². The summed E-state index contributed by atoms with van der Waals surface area (Å²) in [5, 5.41) is 17.5. The Kier molecular flexibility index (Phi) is 2.70. The number of rotatable bonds is 1. The molecule has 1 aliphatic heterocycles. The number of carbonyl (C=O) groups is 1. The van der Waals surface area contributed by atoms with Gasteiger partial charge in [0, 0.05) is 18.7 Å². The summed E-state index contributed by atoms with van der Waals surface area (Å²) in [6.07, 6.45) is 1.68. The Balaban J connectivity index is 1.83. The SMILES string of the molecule is Cc1ccc(C(=O)N2CCn3cnnc3C2)cc1O. The average molecular weight is 258 g/mol. The van der Waals surface area contributed by atoms with Gasteiger partial charge in [0.05, 0.1) is 6.54 Å². The molecule has 0 saturated heterocycles. The molecule has 2 heterocycles. The van der Waals surface area contributed by atoms with Crippen LogP contribution in [-0.2, 0) is 13.1 Å². The average Bonchev–Trinajstić information content (AvgIpc) is 2.88. The van der Waals surface area contributed by atoms with Crippen LogP contribution < -0.4 is 0 Å². The fraction of sp³-hybridized carbons (Fsp3) is 0.308. The van der Waals surface area contributed by atoms with Gasteiger partial charge < -0.3 is 14.6 Å². The molecule has 0 spiro atoms. The van der Waals surface area contributed by atoms with Crippen molar-refractivity contribution in [2.24, 2.45) is 0 Å². The van der Waals surface area contributed by atoms with Gasteiger partial charge in [-0.25, -0.2) is 0 Å². The lowest BCUT2D eigenvalue weighted by atomic mass is 10.1. The number of aromatic nitrogens is 3. The number of aromatic hydroxyl groups is 1. The van der Waals surface area contributed by atoms with Gasteiger partial charge >= 0.3 is 0 Å². The highest BCUT2D eigenvalue weighted by Gasteiger charge is 2.23. The van der Waals surface area contributed by atoms with Crippen molar-refractivity contribution in [2.45, 2.75) is 20.0 Å². The number of phenols is 1. The van der Waals surface area contributed by atoms with E-state index < -0.39 is 0 Å². The van der Waals surface area contributed by atoms with Crippen LogP contribution in [0.25, 0.3) is 0 Å². The molecule has 1 N–H and O–H groups in total. The number of amides is 1. The molecular weight excluding hydrogens is 244 g/mol. The summed E-state index contributed by atoms with van der Waals surface area (Å²) in [5.74, 6) is 0.839. The van der Waals surface area contributed by atoms with Gasteiger partial charge in [-0.15, -0.1) is 10.2 Å². The highest BCUT2D eigenvalue weighted by molar-refractivity contribution is 5.94. The second-order valence-electron chi connectivity index (χ2n) is 4.67. The third-order valence-corrected chi connectivity index (χ3v) is 3.38. The molecule has 1 aromatic carbocycles. The number of fused-ring (bicyclic) bond motifs is 1. The van der Waals surface area contributed by atoms with E-state index in [4.69, 9.17) is 0 Å². The van der Waals surface area contributed by atoms with Crippen LogP contribution in [0, 0.1) is 6.92 Å². The van der Waals surface area contributed by atoms with Crippen LogP contribution in [0.3, 0.4) is 0 Å². The fourth-order valence-corrected chi connectivity index (χ4v) is 2.16. The van der Waals surface area contributed by atoms with Gasteiger partial charge in [0.1, 0.15) is 12.1 Å². The molecule has 3 rings (SSSR count). The van der Waals surface area contributed by atoms with Crippen LogP contribution in [0.1, 0.15) is 21.7 Å². The van der Waals surface area contributed by atoms with Gasteiger partial charge in [0.15, 0.2) is 5.82 Å². The third kappa shape index (κ3) is 2.05. The molecule has 0 bridgehead atoms. The van der Waals surface area contributed by atoms with E-state index >= 15 is 0 Å². The predicted molar refractivity (Wildman–Crippen MR) is 67.6 cm³/mol. The first-order valence-electron chi connectivity index (χ1n) is 6.11. The summed E-state index contributed by atoms with van der Waals surface area (Å²) in [4.78, 5) is 14.1. The van der Waals surface area contributed by atoms with Crippen LogP contribution in [0.2, 0.25) is 0 Å². The third-order valence-electron chi connectivity index (χ3n) is 3.38. The van der Waals surface area contributed by atoms with Crippen molar-refractivity contribution in [3.8, 4) is 5.75 Å². The largest absolute Gasteiger partial charge is 0.508 e. The fourth-order valence-electron chi connectivity index (χ4n) is 2.16. The van der Waals surface area contributed by atoms with Gasteiger partial charge in [0.25, 0.3) is 5.91 Å². The van der Waals surface area contributed by atoms with E-state index in [1.807, 2.05) is 4.57 Å². The number of benzene rings is 1. The van der Waals surface area contributed by atoms with Crippen LogP contribution in [0.5, 0.6) is 5.75 Å². The summed E-state index contributed by atoms with van der Waals surface area (Å²) in [5.41, 5.74) is 1.26. The van der Waals surface area contributed by atoms with E-state index in [1.54, 1.807) is 30.3 Å². The maximum absolute atomic E-state index is 12.4. The first-order valence-corrected chi connectivity index (χ1v) is 6.11. The standard InChI is InChI=1S/C13H14N4O2/c1-9-2-3-10(6-11(9)18)13(19)16-4-5-17-8-14-15-12(17)7-16/h2-3,6,8,18H,4-5,7H2,1H3. The minimum absolute atomic E-state index is 0.0930. The van der Waals surface area contributed by atoms with Crippen LogP contribution in [0.15, 0.2) is 24.5 Å². The van der Waals surface area contributed by atoms with E-state index in [2.05, 4.69) is 10.2 Å². The molecule has 0 aliphatic carbocycles. The quantitative estimate of drug-likeness (QED) is 0.826. The van der Waals surface area contributed by atoms with Crippen molar-refractivity contribution in [3.05, 3.63) is 41.5 Å². The van der Waals surface area contributed by atoms with Crippen molar-refractivity contribution in [1.29, 1.82) is 0 Å². The lowest BCUT2D eigenvalue weighted by Gasteiger charge is -2.27. The molecule has 0 unspecified atom stereocenters. The van der Waals surface area contributed by atoms with Crippen molar-refractivity contribution in [2.75, 3.05) is 6.54 Å². The van der Waals surface area contributed by atoms with E-state index in [9.17, 15) is 9.90 Å². The number of carbonyl (C=O) groups excluding carboxylic acids is 1. The van der Waals surface area contributed by atoms with E-state index in [0.717, 1.165) is 11.4 Å². The van der Waals surface area contributed by atoms with Crippen molar-refractivity contribution >= 4 is 5.91 Å². The molecule has 98 valence electrons. The van der Waals surface area contributed by atoms with Gasteiger partial charge in [-0.05, 0) is 24.6 Å². The second-order valence-corrected chi connectivity index (χ2v) is 4.67. The number of hydrogen-bond donors (Lipinski definition) is 1. The predicted octanol–water partition coefficient (Wildman–Crippen LogP) is 0.948. The maximum atomic E-state index is 12.4. The van der Waals surface area contributed by atoms with Gasteiger partial charge in [0.2, 0.25) is 0 Å². The monoisotopic (exact) mass is 258 g/mol. The number of aryl methyl sites for hydroxylation is 1. The Morgan fingerprint density at radius 1 is 1.37 bits per heavy atom. The van der Waals surface area contributed by atoms with Crippen LogP contribution in [-0.4, -0.2) is 37.2 Å². The highest BCUT2D eigenvalue weighted by Crippen LogP contribution is 2.20. The zero-order chi connectivity index (χ0) is 13.4. The molecule has 1 amide bonds. The van der Waals surface area contributed by atoms with Crippen molar-refractivity contribution < 1.29 is 9.90 Å². The number of nitrogens with zero attached hydrogens (tertiary/aromatic N) is 4. The summed E-state index contributed by atoms with van der Waals surface area (Å²) in [7, 11) is 0. The molecule has 0 radical (unpaired) electrons. The lowest BCUT2D eigenvalue weighted by Crippen LogP contribution is -2.38. The van der Waals surface area contributed by atoms with E-state index in [-0.39, 0.29) is 11.7 Å². The Labute approximate surface area is 110 Å². The molecule has 6 nitrogen and oxygen atoms in total. The molecule has 0 fully saturated rings. The molecule has 6 heteroatoms. The van der Waals surface area contributed by atoms with E-state index in [1.165, 1.54) is 6.07 Å². The normalized spacial score (nSPS) is 14.3. The zero-order valence-electron chi connectivity index (χ0n) is 10.6. The Morgan fingerprint density at radius 3 is 3.00 bits per heavy atom. The first kappa shape index (κ1) is 11.7. The Morgan fingerprint density at radius 2 is 2.21 bits per heavy atom. The Bertz CT molecular complexity index is 635. The second kappa shape index (κ2) is 4.38. The molecule has 2 aromatic rings. The van der Waals surface area contributed by atoms with Gasteiger partial charge in [-0.2, -0.15) is 0 Å². The van der Waals surface area contributed by atoms with Gasteiger partial charge in [-0.1, -0.05) is 6.07 Å². The van der Waals surface area contributed by atoms with Crippen molar-refractivity contribution in [1.82, 2.24) is 19.7 Å². The molecular formula is C13H14N4O2. The van der Waals surface area contributed by atoms with Gasteiger partial charge in [-0.3, -0.25) is 4.79 Å². The molecule has 1 aliphatic rings. The first-order chi connectivity index (χ1) is 9.15. The smallest absolute Gasteiger partial charge is 0.254 e. The van der Waals surface area contributed by atoms with Crippen LogP contribution >= 0.6 is 0 Å². The maximum Gasteiger partial charge on any atom is 0.254 e. The minimum atomic E-state index is -0.0930. The zero-order valence-corrected chi connectivity index (χ0v) is 10.6. The molecule has 1 aromatic heterocycles. The summed E-state index contributed by atoms with van der Waals surface area (Å²) >= 11 is 0. The summed E-state index contributed by atoms with van der Waals surface area (Å²) in [6.45, 7) is 3.57. The lowest BCUT2D eigenvalue weighted by molar-refractivity contribution is 0.0707. The summed E-state index contributed by atoms with van der Waals surface area (Å²) in [6, 6.07) is 4.99. The molecule has 0 saturated carbocycles. The number of phenolic OH excluding ortho intramolecular Hbond substituents is 1. The van der Waals surface area contributed by atoms with E-state index in [0.29, 0.717) is 25.2 Å². The Hall–Kier alpha value is -2.37. The number of hydrogen-bond acceptors (Lipinski definition) is 4. The summed E-state index contributed by atoms with van der Waals surface area (Å²) < 4.78 is 1.94. The molecule has 19 heavy (non-hydrogen) atoms. The van der Waals surface area contributed by atoms with Crippen molar-refractivity contribution in [3.63, 3.8) is 0 Å².